The Balaban J connectivity index is 2.19. The Morgan fingerprint density at radius 1 is 1.32 bits per heavy atom. The number of benzene rings is 1. The lowest BCUT2D eigenvalue weighted by molar-refractivity contribution is 0.224. The summed E-state index contributed by atoms with van der Waals surface area (Å²) in [5, 5.41) is 10.3. The Labute approximate surface area is 126 Å². The predicted molar refractivity (Wildman–Crippen MR) is 83.0 cm³/mol. The fourth-order valence-electron chi connectivity index (χ4n) is 1.78. The highest BCUT2D eigenvalue weighted by Gasteiger charge is 2.14. The van der Waals surface area contributed by atoms with Crippen molar-refractivity contribution in [3.8, 4) is 5.75 Å². The molecule has 2 rings (SSSR count). The monoisotopic (exact) mass is 340 g/mol. The zero-order chi connectivity index (χ0) is 13.8. The van der Waals surface area contributed by atoms with Gasteiger partial charge in [-0.3, -0.25) is 0 Å². The standard InChI is InChI=1S/C15H17BrO2S/c1-3-8-18-13-6-5-11(9-12(13)16)15(17)14-7-4-10(2)19-14/h4-7,9,15,17H,3,8H2,1-2H3. The van der Waals surface area contributed by atoms with Gasteiger partial charge >= 0.3 is 0 Å². The molecular weight excluding hydrogens is 324 g/mol. The molecule has 0 spiro atoms. The highest BCUT2D eigenvalue weighted by Crippen LogP contribution is 2.33. The Kier molecular flexibility index (Phi) is 5.02. The van der Waals surface area contributed by atoms with Gasteiger partial charge in [0.2, 0.25) is 0 Å². The average molecular weight is 341 g/mol. The molecule has 0 saturated heterocycles. The van der Waals surface area contributed by atoms with Gasteiger partial charge < -0.3 is 9.84 Å². The van der Waals surface area contributed by atoms with Gasteiger partial charge in [0.25, 0.3) is 0 Å². The van der Waals surface area contributed by atoms with Crippen molar-refractivity contribution in [1.29, 1.82) is 0 Å². The highest BCUT2D eigenvalue weighted by molar-refractivity contribution is 9.10. The maximum atomic E-state index is 10.3. The number of hydrogen-bond acceptors (Lipinski definition) is 3. The topological polar surface area (TPSA) is 29.5 Å². The maximum Gasteiger partial charge on any atom is 0.133 e. The summed E-state index contributed by atoms with van der Waals surface area (Å²) in [4.78, 5) is 2.17. The molecule has 0 aliphatic rings. The van der Waals surface area contributed by atoms with Crippen molar-refractivity contribution in [3.63, 3.8) is 0 Å². The molecule has 2 aromatic rings. The van der Waals surface area contributed by atoms with E-state index in [1.807, 2.05) is 37.3 Å². The third-order valence-corrected chi connectivity index (χ3v) is 4.44. The van der Waals surface area contributed by atoms with E-state index in [4.69, 9.17) is 4.74 Å². The predicted octanol–water partition coefficient (Wildman–Crippen LogP) is 4.69. The first kappa shape index (κ1) is 14.6. The van der Waals surface area contributed by atoms with Gasteiger partial charge in [0, 0.05) is 9.75 Å². The van der Waals surface area contributed by atoms with Crippen LogP contribution in [0.3, 0.4) is 0 Å². The second-order valence-electron chi connectivity index (χ2n) is 4.39. The van der Waals surface area contributed by atoms with E-state index in [0.717, 1.165) is 27.1 Å². The number of ether oxygens (including phenoxy) is 1. The molecule has 0 fully saturated rings. The molecule has 1 aromatic carbocycles. The third kappa shape index (κ3) is 3.59. The van der Waals surface area contributed by atoms with Crippen LogP contribution in [0.1, 0.15) is 34.8 Å². The van der Waals surface area contributed by atoms with Crippen molar-refractivity contribution in [3.05, 3.63) is 50.1 Å². The van der Waals surface area contributed by atoms with Gasteiger partial charge in [-0.05, 0) is 59.1 Å². The van der Waals surface area contributed by atoms with Crippen molar-refractivity contribution in [2.24, 2.45) is 0 Å². The lowest BCUT2D eigenvalue weighted by Gasteiger charge is -2.12. The van der Waals surface area contributed by atoms with E-state index in [1.54, 1.807) is 11.3 Å². The molecule has 0 bridgehead atoms. The zero-order valence-electron chi connectivity index (χ0n) is 11.0. The van der Waals surface area contributed by atoms with Crippen molar-refractivity contribution in [2.45, 2.75) is 26.4 Å². The molecule has 0 aliphatic heterocycles. The van der Waals surface area contributed by atoms with Gasteiger partial charge in [0.05, 0.1) is 11.1 Å². The Morgan fingerprint density at radius 3 is 2.68 bits per heavy atom. The van der Waals surface area contributed by atoms with Crippen LogP contribution in [0.2, 0.25) is 0 Å². The fourth-order valence-corrected chi connectivity index (χ4v) is 3.18. The minimum atomic E-state index is -0.574. The number of aryl methyl sites for hydroxylation is 1. The zero-order valence-corrected chi connectivity index (χ0v) is 13.4. The Morgan fingerprint density at radius 2 is 2.11 bits per heavy atom. The van der Waals surface area contributed by atoms with Crippen LogP contribution < -0.4 is 4.74 Å². The number of hydrogen-bond donors (Lipinski definition) is 1. The van der Waals surface area contributed by atoms with Gasteiger partial charge in [-0.15, -0.1) is 11.3 Å². The van der Waals surface area contributed by atoms with E-state index < -0.39 is 6.10 Å². The fraction of sp³-hybridized carbons (Fsp3) is 0.333. The van der Waals surface area contributed by atoms with E-state index in [-0.39, 0.29) is 0 Å². The summed E-state index contributed by atoms with van der Waals surface area (Å²) in [6.07, 6.45) is 0.404. The molecular formula is C15H17BrO2S. The minimum absolute atomic E-state index is 0.574. The summed E-state index contributed by atoms with van der Waals surface area (Å²) >= 11 is 5.11. The van der Waals surface area contributed by atoms with Crippen LogP contribution in [0, 0.1) is 6.92 Å². The molecule has 19 heavy (non-hydrogen) atoms. The number of halogens is 1. The smallest absolute Gasteiger partial charge is 0.133 e. The molecule has 0 radical (unpaired) electrons. The number of aliphatic hydroxyl groups is 1. The summed E-state index contributed by atoms with van der Waals surface area (Å²) in [6.45, 7) is 4.81. The maximum absolute atomic E-state index is 10.3. The van der Waals surface area contributed by atoms with E-state index in [1.165, 1.54) is 4.88 Å². The van der Waals surface area contributed by atoms with E-state index in [0.29, 0.717) is 6.61 Å². The summed E-state index contributed by atoms with van der Waals surface area (Å²) < 4.78 is 6.48. The van der Waals surface area contributed by atoms with Crippen molar-refractivity contribution in [1.82, 2.24) is 0 Å². The first-order valence-electron chi connectivity index (χ1n) is 6.28. The van der Waals surface area contributed by atoms with Crippen LogP contribution in [0.4, 0.5) is 0 Å². The van der Waals surface area contributed by atoms with Crippen LogP contribution in [0.25, 0.3) is 0 Å². The lowest BCUT2D eigenvalue weighted by atomic mass is 10.1. The first-order valence-corrected chi connectivity index (χ1v) is 7.89. The molecule has 0 saturated carbocycles. The normalized spacial score (nSPS) is 12.4. The van der Waals surface area contributed by atoms with Crippen LogP contribution >= 0.6 is 27.3 Å². The number of thiophene rings is 1. The molecule has 4 heteroatoms. The molecule has 1 aromatic heterocycles. The molecule has 1 unspecified atom stereocenters. The molecule has 0 amide bonds. The SMILES string of the molecule is CCCOc1ccc(C(O)c2ccc(C)s2)cc1Br. The van der Waals surface area contributed by atoms with Crippen LogP contribution in [0.15, 0.2) is 34.8 Å². The van der Waals surface area contributed by atoms with E-state index in [2.05, 4.69) is 22.9 Å². The Hall–Kier alpha value is -0.840. The lowest BCUT2D eigenvalue weighted by Crippen LogP contribution is -1.99. The van der Waals surface area contributed by atoms with Crippen LogP contribution in [0.5, 0.6) is 5.75 Å². The van der Waals surface area contributed by atoms with Crippen molar-refractivity contribution >= 4 is 27.3 Å². The van der Waals surface area contributed by atoms with E-state index in [9.17, 15) is 5.11 Å². The van der Waals surface area contributed by atoms with Gasteiger partial charge in [-0.25, -0.2) is 0 Å². The molecule has 1 heterocycles. The summed E-state index contributed by atoms with van der Waals surface area (Å²) in [7, 11) is 0. The van der Waals surface area contributed by atoms with Crippen LogP contribution in [-0.4, -0.2) is 11.7 Å². The van der Waals surface area contributed by atoms with Gasteiger partial charge in [-0.1, -0.05) is 13.0 Å². The number of aliphatic hydroxyl groups excluding tert-OH is 1. The molecule has 102 valence electrons. The highest BCUT2D eigenvalue weighted by atomic mass is 79.9. The van der Waals surface area contributed by atoms with Crippen molar-refractivity contribution < 1.29 is 9.84 Å². The summed E-state index contributed by atoms with van der Waals surface area (Å²) in [5.41, 5.74) is 0.873. The third-order valence-electron chi connectivity index (χ3n) is 2.76. The average Bonchev–Trinajstić information content (AvgIpc) is 2.83. The second kappa shape index (κ2) is 6.55. The first-order chi connectivity index (χ1) is 9.11. The molecule has 2 nitrogen and oxygen atoms in total. The van der Waals surface area contributed by atoms with E-state index >= 15 is 0 Å². The largest absolute Gasteiger partial charge is 0.492 e. The second-order valence-corrected chi connectivity index (χ2v) is 6.56. The van der Waals surface area contributed by atoms with Gasteiger partial charge in [-0.2, -0.15) is 0 Å². The van der Waals surface area contributed by atoms with Gasteiger partial charge in [0.1, 0.15) is 11.9 Å². The molecule has 0 aliphatic carbocycles. The summed E-state index contributed by atoms with van der Waals surface area (Å²) in [6, 6.07) is 9.73. The minimum Gasteiger partial charge on any atom is -0.492 e. The molecule has 1 atom stereocenters. The van der Waals surface area contributed by atoms with Crippen LogP contribution in [-0.2, 0) is 0 Å². The quantitative estimate of drug-likeness (QED) is 0.855. The number of rotatable bonds is 5. The van der Waals surface area contributed by atoms with Gasteiger partial charge in [0.15, 0.2) is 0 Å². The van der Waals surface area contributed by atoms with Crippen molar-refractivity contribution in [2.75, 3.05) is 6.61 Å². The molecule has 1 N–H and O–H groups in total. The summed E-state index contributed by atoms with van der Waals surface area (Å²) in [5.74, 6) is 0.820. The Bertz CT molecular complexity index is 551.